The van der Waals surface area contributed by atoms with Gasteiger partial charge in [0.05, 0.1) is 11.1 Å². The molecule has 3 heterocycles. The van der Waals surface area contributed by atoms with E-state index in [9.17, 15) is 4.79 Å². The summed E-state index contributed by atoms with van der Waals surface area (Å²) in [5, 5.41) is 13.9. The van der Waals surface area contributed by atoms with Gasteiger partial charge in [-0.2, -0.15) is 0 Å². The van der Waals surface area contributed by atoms with E-state index in [2.05, 4.69) is 83.4 Å². The van der Waals surface area contributed by atoms with Crippen molar-refractivity contribution in [2.75, 3.05) is 11.4 Å². The van der Waals surface area contributed by atoms with Gasteiger partial charge in [0.2, 0.25) is 0 Å². The zero-order valence-electron chi connectivity index (χ0n) is 19.9. The molecule has 0 saturated heterocycles. The number of tetrazole rings is 1. The number of hydrogen-bond donors (Lipinski definition) is 1. The highest BCUT2D eigenvalue weighted by Crippen LogP contribution is 2.38. The zero-order valence-corrected chi connectivity index (χ0v) is 19.9. The van der Waals surface area contributed by atoms with Crippen LogP contribution < -0.4 is 10.5 Å². The van der Waals surface area contributed by atoms with E-state index in [1.165, 1.54) is 5.56 Å². The van der Waals surface area contributed by atoms with Crippen molar-refractivity contribution in [1.82, 2.24) is 25.2 Å². The Labute approximate surface area is 193 Å². The van der Waals surface area contributed by atoms with Crippen molar-refractivity contribution in [3.8, 4) is 0 Å². The molecular weight excluding hydrogens is 412 g/mol. The summed E-state index contributed by atoms with van der Waals surface area (Å²) in [4.78, 5) is 19.0. The number of H-pyrrole nitrogens is 1. The van der Waals surface area contributed by atoms with Gasteiger partial charge in [-0.1, -0.05) is 36.8 Å². The molecule has 170 valence electrons. The van der Waals surface area contributed by atoms with Crippen molar-refractivity contribution in [3.05, 3.63) is 80.9 Å². The molecule has 2 aromatic carbocycles. The topological polar surface area (TPSA) is 79.7 Å². The molecule has 0 aliphatic carbocycles. The van der Waals surface area contributed by atoms with Crippen LogP contribution in [0, 0.1) is 13.8 Å². The summed E-state index contributed by atoms with van der Waals surface area (Å²) >= 11 is 0. The molecule has 0 saturated carbocycles. The predicted octanol–water partition coefficient (Wildman–Crippen LogP) is 4.43. The number of nitrogens with zero attached hydrogens (tertiary/aromatic N) is 5. The second kappa shape index (κ2) is 7.83. The van der Waals surface area contributed by atoms with Crippen LogP contribution in [0.15, 0.2) is 47.3 Å². The average molecular weight is 443 g/mol. The number of aryl methyl sites for hydroxylation is 2. The predicted molar refractivity (Wildman–Crippen MR) is 131 cm³/mol. The average Bonchev–Trinajstić information content (AvgIpc) is 3.44. The molecule has 0 bridgehead atoms. The number of aromatic amines is 1. The maximum absolute atomic E-state index is 13.5. The normalized spacial score (nSPS) is 14.6. The van der Waals surface area contributed by atoms with E-state index in [-0.39, 0.29) is 11.1 Å². The number of rotatable bonds is 5. The van der Waals surface area contributed by atoms with Gasteiger partial charge in [-0.15, -0.1) is 5.10 Å². The highest BCUT2D eigenvalue weighted by atomic mass is 16.1. The van der Waals surface area contributed by atoms with Crippen LogP contribution in [0.3, 0.4) is 0 Å². The summed E-state index contributed by atoms with van der Waals surface area (Å²) in [6.45, 7) is 11.3. The molecule has 1 atom stereocenters. The Bertz CT molecular complexity index is 1400. The number of hydrogen-bond acceptors (Lipinski definition) is 5. The molecule has 2 aromatic heterocycles. The Morgan fingerprint density at radius 2 is 1.94 bits per heavy atom. The Balaban J connectivity index is 1.78. The van der Waals surface area contributed by atoms with Gasteiger partial charge in [0.1, 0.15) is 6.04 Å². The molecule has 0 fully saturated rings. The van der Waals surface area contributed by atoms with Crippen molar-refractivity contribution in [3.63, 3.8) is 0 Å². The fraction of sp³-hybridized carbons (Fsp3) is 0.385. The molecule has 1 aliphatic heterocycles. The summed E-state index contributed by atoms with van der Waals surface area (Å²) in [7, 11) is 0. The standard InChI is InChI=1S/C26H30N6O/c1-6-26(4,5)32-24(28-29-30-32)23(31-12-11-18-9-7-8-10-21(18)31)20-15-19-14-16(2)13-17(3)22(19)27-25(20)33/h7-10,13-15,23H,6,11-12H2,1-5H3,(H,27,33)/t23-/m0/s1. The number of para-hydroxylation sites is 1. The number of benzene rings is 2. The van der Waals surface area contributed by atoms with Crippen LogP contribution in [-0.4, -0.2) is 31.7 Å². The van der Waals surface area contributed by atoms with Crippen LogP contribution in [0.25, 0.3) is 10.9 Å². The first-order chi connectivity index (χ1) is 15.8. The fourth-order valence-electron chi connectivity index (χ4n) is 4.93. The smallest absolute Gasteiger partial charge is 0.254 e. The third kappa shape index (κ3) is 3.52. The van der Waals surface area contributed by atoms with Gasteiger partial charge in [0, 0.05) is 17.8 Å². The quantitative estimate of drug-likeness (QED) is 0.495. The van der Waals surface area contributed by atoms with E-state index < -0.39 is 6.04 Å². The van der Waals surface area contributed by atoms with Gasteiger partial charge < -0.3 is 9.88 Å². The van der Waals surface area contributed by atoms with Gasteiger partial charge in [-0.3, -0.25) is 4.79 Å². The molecule has 7 heteroatoms. The molecule has 0 spiro atoms. The number of pyridine rings is 1. The van der Waals surface area contributed by atoms with E-state index in [4.69, 9.17) is 0 Å². The molecule has 0 unspecified atom stereocenters. The van der Waals surface area contributed by atoms with Crippen LogP contribution in [0.5, 0.6) is 0 Å². The number of anilines is 1. The van der Waals surface area contributed by atoms with Crippen LogP contribution in [-0.2, 0) is 12.0 Å². The second-order valence-corrected chi connectivity index (χ2v) is 9.69. The summed E-state index contributed by atoms with van der Waals surface area (Å²) < 4.78 is 1.89. The van der Waals surface area contributed by atoms with Crippen molar-refractivity contribution >= 4 is 16.6 Å². The molecule has 33 heavy (non-hydrogen) atoms. The lowest BCUT2D eigenvalue weighted by atomic mass is 9.98. The van der Waals surface area contributed by atoms with Crippen molar-refractivity contribution in [1.29, 1.82) is 0 Å². The monoisotopic (exact) mass is 442 g/mol. The molecule has 5 rings (SSSR count). The lowest BCUT2D eigenvalue weighted by Gasteiger charge is -2.32. The highest BCUT2D eigenvalue weighted by Gasteiger charge is 2.36. The minimum absolute atomic E-state index is 0.104. The highest BCUT2D eigenvalue weighted by molar-refractivity contribution is 5.83. The van der Waals surface area contributed by atoms with Crippen LogP contribution >= 0.6 is 0 Å². The first-order valence-electron chi connectivity index (χ1n) is 11.6. The van der Waals surface area contributed by atoms with E-state index in [1.807, 2.05) is 23.7 Å². The van der Waals surface area contributed by atoms with Gasteiger partial charge >= 0.3 is 0 Å². The van der Waals surface area contributed by atoms with E-state index in [1.54, 1.807) is 0 Å². The first-order valence-corrected chi connectivity index (χ1v) is 11.6. The van der Waals surface area contributed by atoms with Gasteiger partial charge in [0.25, 0.3) is 5.56 Å². The van der Waals surface area contributed by atoms with Gasteiger partial charge in [-0.05, 0) is 85.7 Å². The molecule has 4 aromatic rings. The molecule has 0 radical (unpaired) electrons. The van der Waals surface area contributed by atoms with Crippen molar-refractivity contribution < 1.29 is 0 Å². The molecule has 0 amide bonds. The number of aromatic nitrogens is 5. The van der Waals surface area contributed by atoms with Crippen LogP contribution in [0.2, 0.25) is 0 Å². The van der Waals surface area contributed by atoms with Crippen LogP contribution in [0.1, 0.15) is 61.3 Å². The summed E-state index contributed by atoms with van der Waals surface area (Å²) in [6, 6.07) is 14.2. The Hall–Kier alpha value is -3.48. The third-order valence-electron chi connectivity index (χ3n) is 7.03. The molecule has 1 N–H and O–H groups in total. The third-order valence-corrected chi connectivity index (χ3v) is 7.03. The SMILES string of the molecule is CCC(C)(C)n1nnnc1[C@H](c1cc2cc(C)cc(C)c2[nH]c1=O)N1CCc2ccccc21. The summed E-state index contributed by atoms with van der Waals surface area (Å²) in [5.41, 5.74) is 5.79. The van der Waals surface area contributed by atoms with Gasteiger partial charge in [0.15, 0.2) is 5.82 Å². The van der Waals surface area contributed by atoms with E-state index >= 15 is 0 Å². The Kier molecular flexibility index (Phi) is 5.07. The second-order valence-electron chi connectivity index (χ2n) is 9.69. The maximum Gasteiger partial charge on any atom is 0.254 e. The zero-order chi connectivity index (χ0) is 23.3. The van der Waals surface area contributed by atoms with E-state index in [0.717, 1.165) is 47.1 Å². The van der Waals surface area contributed by atoms with E-state index in [0.29, 0.717) is 11.4 Å². The Morgan fingerprint density at radius 1 is 1.15 bits per heavy atom. The lowest BCUT2D eigenvalue weighted by Crippen LogP contribution is -2.37. The fourth-order valence-corrected chi connectivity index (χ4v) is 4.93. The van der Waals surface area contributed by atoms with Crippen molar-refractivity contribution in [2.24, 2.45) is 0 Å². The Morgan fingerprint density at radius 3 is 2.73 bits per heavy atom. The molecule has 7 nitrogen and oxygen atoms in total. The maximum atomic E-state index is 13.5. The number of nitrogens with one attached hydrogen (secondary N) is 1. The molecule has 1 aliphatic rings. The summed E-state index contributed by atoms with van der Waals surface area (Å²) in [6.07, 6.45) is 1.79. The van der Waals surface area contributed by atoms with Crippen LogP contribution in [0.4, 0.5) is 5.69 Å². The first kappa shape index (κ1) is 21.4. The van der Waals surface area contributed by atoms with Gasteiger partial charge in [-0.25, -0.2) is 4.68 Å². The number of fused-ring (bicyclic) bond motifs is 2. The van der Waals surface area contributed by atoms with Crippen molar-refractivity contribution in [2.45, 2.75) is 59.0 Å². The lowest BCUT2D eigenvalue weighted by molar-refractivity contribution is 0.287. The largest absolute Gasteiger partial charge is 0.357 e. The minimum atomic E-state index is -0.400. The summed E-state index contributed by atoms with van der Waals surface area (Å²) in [5.74, 6) is 0.688. The molecular formula is C26H30N6O. The minimum Gasteiger partial charge on any atom is -0.357 e.